The van der Waals surface area contributed by atoms with Gasteiger partial charge >= 0.3 is 0 Å². The lowest BCUT2D eigenvalue weighted by atomic mass is 10.1. The van der Waals surface area contributed by atoms with Gasteiger partial charge in [-0.25, -0.2) is 9.97 Å². The fourth-order valence-corrected chi connectivity index (χ4v) is 3.07. The molecule has 0 saturated heterocycles. The molecule has 1 N–H and O–H groups in total. The highest BCUT2D eigenvalue weighted by Crippen LogP contribution is 2.38. The summed E-state index contributed by atoms with van der Waals surface area (Å²) < 4.78 is 16.2. The summed E-state index contributed by atoms with van der Waals surface area (Å²) in [6, 6.07) is 15.5. The van der Waals surface area contributed by atoms with Crippen LogP contribution in [0.25, 0.3) is 21.8 Å². The maximum atomic E-state index is 5.48. The second kappa shape index (κ2) is 6.99. The molecule has 0 unspecified atom stereocenters. The molecular weight excluding hydrogens is 342 g/mol. The SMILES string of the molecule is COc1ccc(Nc2nc3ncccc3c3cc(OC)c(OC)cc23)cc1. The van der Waals surface area contributed by atoms with Crippen LogP contribution in [-0.4, -0.2) is 31.3 Å². The number of hydrogen-bond donors (Lipinski definition) is 1. The van der Waals surface area contributed by atoms with Crippen molar-refractivity contribution in [1.82, 2.24) is 9.97 Å². The molecule has 0 amide bonds. The first kappa shape index (κ1) is 16.9. The zero-order chi connectivity index (χ0) is 18.8. The quantitative estimate of drug-likeness (QED) is 0.526. The number of benzene rings is 2. The van der Waals surface area contributed by atoms with Crippen LogP contribution in [0.1, 0.15) is 0 Å². The summed E-state index contributed by atoms with van der Waals surface area (Å²) in [6.45, 7) is 0. The maximum absolute atomic E-state index is 5.48. The Morgan fingerprint density at radius 1 is 0.778 bits per heavy atom. The van der Waals surface area contributed by atoms with E-state index in [-0.39, 0.29) is 0 Å². The Balaban J connectivity index is 1.93. The molecule has 6 nitrogen and oxygen atoms in total. The number of aromatic nitrogens is 2. The van der Waals surface area contributed by atoms with E-state index in [9.17, 15) is 0 Å². The number of pyridine rings is 2. The number of fused-ring (bicyclic) bond motifs is 3. The van der Waals surface area contributed by atoms with Gasteiger partial charge in [-0.2, -0.15) is 0 Å². The molecule has 2 heterocycles. The van der Waals surface area contributed by atoms with Crippen molar-refractivity contribution in [2.45, 2.75) is 0 Å². The summed E-state index contributed by atoms with van der Waals surface area (Å²) in [4.78, 5) is 9.14. The van der Waals surface area contributed by atoms with E-state index >= 15 is 0 Å². The molecule has 0 spiro atoms. The van der Waals surface area contributed by atoms with Crippen LogP contribution in [0.2, 0.25) is 0 Å². The van der Waals surface area contributed by atoms with Gasteiger partial charge in [0.2, 0.25) is 0 Å². The topological polar surface area (TPSA) is 65.5 Å². The van der Waals surface area contributed by atoms with E-state index in [1.54, 1.807) is 27.5 Å². The lowest BCUT2D eigenvalue weighted by molar-refractivity contribution is 0.356. The Morgan fingerprint density at radius 2 is 1.48 bits per heavy atom. The zero-order valence-corrected chi connectivity index (χ0v) is 15.3. The molecule has 27 heavy (non-hydrogen) atoms. The van der Waals surface area contributed by atoms with Gasteiger partial charge in [0.15, 0.2) is 17.1 Å². The number of methoxy groups -OCH3 is 3. The molecule has 2 aromatic heterocycles. The predicted molar refractivity (Wildman–Crippen MR) is 106 cm³/mol. The molecule has 0 aliphatic carbocycles. The Labute approximate surface area is 156 Å². The van der Waals surface area contributed by atoms with Crippen molar-refractivity contribution in [3.63, 3.8) is 0 Å². The predicted octanol–water partition coefficient (Wildman–Crippen LogP) is 4.55. The van der Waals surface area contributed by atoms with Gasteiger partial charge in [-0.15, -0.1) is 0 Å². The third-order valence-electron chi connectivity index (χ3n) is 4.43. The summed E-state index contributed by atoms with van der Waals surface area (Å²) in [5, 5.41) is 6.24. The van der Waals surface area contributed by atoms with Crippen LogP contribution < -0.4 is 19.5 Å². The molecule has 4 aromatic rings. The van der Waals surface area contributed by atoms with Crippen molar-refractivity contribution < 1.29 is 14.2 Å². The van der Waals surface area contributed by atoms with Gasteiger partial charge in [0.25, 0.3) is 0 Å². The van der Waals surface area contributed by atoms with Crippen molar-refractivity contribution in [1.29, 1.82) is 0 Å². The summed E-state index contributed by atoms with van der Waals surface area (Å²) in [6.07, 6.45) is 1.74. The third-order valence-corrected chi connectivity index (χ3v) is 4.43. The lowest BCUT2D eigenvalue weighted by Crippen LogP contribution is -1.99. The largest absolute Gasteiger partial charge is 0.497 e. The average molecular weight is 361 g/mol. The minimum atomic E-state index is 0.646. The van der Waals surface area contributed by atoms with Crippen molar-refractivity contribution in [2.75, 3.05) is 26.6 Å². The van der Waals surface area contributed by atoms with E-state index in [0.29, 0.717) is 23.0 Å². The molecule has 0 atom stereocenters. The molecular formula is C21H19N3O3. The van der Waals surface area contributed by atoms with Gasteiger partial charge in [-0.3, -0.25) is 0 Å². The van der Waals surface area contributed by atoms with Crippen LogP contribution >= 0.6 is 0 Å². The maximum Gasteiger partial charge on any atom is 0.162 e. The Kier molecular flexibility index (Phi) is 4.38. The Morgan fingerprint density at radius 3 is 2.15 bits per heavy atom. The molecule has 0 aliphatic heterocycles. The molecule has 2 aromatic carbocycles. The van der Waals surface area contributed by atoms with Gasteiger partial charge in [-0.05, 0) is 48.5 Å². The van der Waals surface area contributed by atoms with Gasteiger partial charge in [0, 0.05) is 28.0 Å². The minimum absolute atomic E-state index is 0.646. The third kappa shape index (κ3) is 3.06. The van der Waals surface area contributed by atoms with Crippen molar-refractivity contribution >= 4 is 33.3 Å². The second-order valence-electron chi connectivity index (χ2n) is 5.94. The standard InChI is InChI=1S/C21H19N3O3/c1-25-14-8-6-13(7-9-14)23-21-17-12-19(27-3)18(26-2)11-16(17)15-5-4-10-22-20(15)24-21/h4-12H,1-3H3,(H,22,23,24). The average Bonchev–Trinajstić information content (AvgIpc) is 2.73. The Bertz CT molecular complexity index is 1110. The molecule has 0 aliphatic rings. The van der Waals surface area contributed by atoms with Gasteiger partial charge in [0.1, 0.15) is 11.6 Å². The van der Waals surface area contributed by atoms with Gasteiger partial charge in [-0.1, -0.05) is 0 Å². The van der Waals surface area contributed by atoms with E-state index in [2.05, 4.69) is 10.3 Å². The number of nitrogens with zero attached hydrogens (tertiary/aromatic N) is 2. The van der Waals surface area contributed by atoms with Crippen molar-refractivity contribution in [2.24, 2.45) is 0 Å². The van der Waals surface area contributed by atoms with Crippen molar-refractivity contribution in [3.8, 4) is 17.2 Å². The van der Waals surface area contributed by atoms with E-state index in [4.69, 9.17) is 19.2 Å². The van der Waals surface area contributed by atoms with Crippen LogP contribution in [0.15, 0.2) is 54.7 Å². The molecule has 0 bridgehead atoms. The molecule has 136 valence electrons. The molecule has 4 rings (SSSR count). The summed E-state index contributed by atoms with van der Waals surface area (Å²) >= 11 is 0. The van der Waals surface area contributed by atoms with Crippen molar-refractivity contribution in [3.05, 3.63) is 54.7 Å². The molecule has 0 saturated carbocycles. The molecule has 0 fully saturated rings. The first-order valence-electron chi connectivity index (χ1n) is 8.45. The number of anilines is 2. The summed E-state index contributed by atoms with van der Waals surface area (Å²) in [7, 11) is 4.89. The lowest BCUT2D eigenvalue weighted by Gasteiger charge is -2.14. The first-order chi connectivity index (χ1) is 13.2. The van der Waals surface area contributed by atoms with E-state index in [1.165, 1.54) is 0 Å². The van der Waals surface area contributed by atoms with E-state index in [1.807, 2.05) is 48.5 Å². The fraction of sp³-hybridized carbons (Fsp3) is 0.143. The minimum Gasteiger partial charge on any atom is -0.497 e. The Hall–Kier alpha value is -3.54. The summed E-state index contributed by atoms with van der Waals surface area (Å²) in [5.74, 6) is 2.80. The fourth-order valence-electron chi connectivity index (χ4n) is 3.07. The van der Waals surface area contributed by atoms with E-state index in [0.717, 1.165) is 27.6 Å². The summed E-state index contributed by atoms with van der Waals surface area (Å²) in [5.41, 5.74) is 1.56. The van der Waals surface area contributed by atoms with Crippen LogP contribution in [0.3, 0.4) is 0 Å². The van der Waals surface area contributed by atoms with Crippen LogP contribution in [0, 0.1) is 0 Å². The molecule has 0 radical (unpaired) electrons. The number of rotatable bonds is 5. The van der Waals surface area contributed by atoms with Gasteiger partial charge in [0.05, 0.1) is 21.3 Å². The normalized spacial score (nSPS) is 10.8. The monoisotopic (exact) mass is 361 g/mol. The first-order valence-corrected chi connectivity index (χ1v) is 8.45. The highest BCUT2D eigenvalue weighted by molar-refractivity contribution is 6.10. The number of hydrogen-bond acceptors (Lipinski definition) is 6. The van der Waals surface area contributed by atoms with Crippen LogP contribution in [-0.2, 0) is 0 Å². The van der Waals surface area contributed by atoms with E-state index < -0.39 is 0 Å². The number of ether oxygens (including phenoxy) is 3. The highest BCUT2D eigenvalue weighted by Gasteiger charge is 2.14. The smallest absolute Gasteiger partial charge is 0.162 e. The second-order valence-corrected chi connectivity index (χ2v) is 5.94. The number of nitrogens with one attached hydrogen (secondary N) is 1. The zero-order valence-electron chi connectivity index (χ0n) is 15.3. The van der Waals surface area contributed by atoms with Gasteiger partial charge < -0.3 is 19.5 Å². The highest BCUT2D eigenvalue weighted by atomic mass is 16.5. The van der Waals surface area contributed by atoms with Crippen LogP contribution in [0.5, 0.6) is 17.2 Å². The molecule has 6 heteroatoms. The van der Waals surface area contributed by atoms with Crippen LogP contribution in [0.4, 0.5) is 11.5 Å².